The van der Waals surface area contributed by atoms with E-state index in [1.54, 1.807) is 22.6 Å². The van der Waals surface area contributed by atoms with E-state index >= 15 is 0 Å². The zero-order valence-electron chi connectivity index (χ0n) is 11.7. The Morgan fingerprint density at radius 3 is 3.05 bits per heavy atom. The Bertz CT molecular complexity index is 529. The smallest absolute Gasteiger partial charge is 0.243 e. The molecule has 20 heavy (non-hydrogen) atoms. The van der Waals surface area contributed by atoms with Crippen LogP contribution < -0.4 is 10.5 Å². The minimum atomic E-state index is -3.47. The van der Waals surface area contributed by atoms with Gasteiger partial charge in [0, 0.05) is 24.0 Å². The molecule has 0 aromatic carbocycles. The molecule has 1 aliphatic rings. The summed E-state index contributed by atoms with van der Waals surface area (Å²) in [6, 6.07) is 0.0300. The highest BCUT2D eigenvalue weighted by Crippen LogP contribution is 2.29. The van der Waals surface area contributed by atoms with Gasteiger partial charge in [-0.25, -0.2) is 13.1 Å². The standard InChI is InChI=1S/C12H22N4O2S2/c1-19-12-5-2-4-11(12)15-20(17,18)10-8-14-16(9-10)7-3-6-13/h8-9,11-12,15H,2-7,13H2,1H3. The molecule has 0 saturated heterocycles. The van der Waals surface area contributed by atoms with Crippen LogP contribution in [0.1, 0.15) is 25.7 Å². The number of nitrogens with zero attached hydrogens (tertiary/aromatic N) is 2. The molecule has 1 aromatic rings. The van der Waals surface area contributed by atoms with Crippen molar-refractivity contribution in [1.29, 1.82) is 0 Å². The molecule has 0 aliphatic heterocycles. The van der Waals surface area contributed by atoms with Gasteiger partial charge in [0.05, 0.1) is 6.20 Å². The fourth-order valence-corrected chi connectivity index (χ4v) is 4.75. The molecular formula is C12H22N4O2S2. The van der Waals surface area contributed by atoms with Crippen LogP contribution in [-0.4, -0.2) is 42.3 Å². The van der Waals surface area contributed by atoms with E-state index in [1.165, 1.54) is 6.20 Å². The molecule has 1 aromatic heterocycles. The van der Waals surface area contributed by atoms with Crippen molar-refractivity contribution in [1.82, 2.24) is 14.5 Å². The number of hydrogen-bond donors (Lipinski definition) is 2. The van der Waals surface area contributed by atoms with Gasteiger partial charge in [-0.15, -0.1) is 0 Å². The minimum absolute atomic E-state index is 0.0300. The van der Waals surface area contributed by atoms with Crippen molar-refractivity contribution in [2.24, 2.45) is 5.73 Å². The minimum Gasteiger partial charge on any atom is -0.330 e. The van der Waals surface area contributed by atoms with E-state index < -0.39 is 10.0 Å². The van der Waals surface area contributed by atoms with E-state index in [2.05, 4.69) is 9.82 Å². The maximum atomic E-state index is 12.3. The van der Waals surface area contributed by atoms with Crippen LogP contribution in [0, 0.1) is 0 Å². The molecule has 6 nitrogen and oxygen atoms in total. The van der Waals surface area contributed by atoms with Gasteiger partial charge in [-0.05, 0) is 32.1 Å². The highest BCUT2D eigenvalue weighted by atomic mass is 32.2. The fraction of sp³-hybridized carbons (Fsp3) is 0.750. The second-order valence-corrected chi connectivity index (χ2v) is 7.81. The summed E-state index contributed by atoms with van der Waals surface area (Å²) in [7, 11) is -3.47. The van der Waals surface area contributed by atoms with Crippen LogP contribution in [0.2, 0.25) is 0 Å². The molecule has 2 unspecified atom stereocenters. The molecule has 0 amide bonds. The maximum Gasteiger partial charge on any atom is 0.243 e. The molecule has 1 fully saturated rings. The Morgan fingerprint density at radius 2 is 2.35 bits per heavy atom. The predicted octanol–water partition coefficient (Wildman–Crippen LogP) is 0.794. The summed E-state index contributed by atoms with van der Waals surface area (Å²) in [6.07, 6.45) is 8.85. The summed E-state index contributed by atoms with van der Waals surface area (Å²) in [4.78, 5) is 0.237. The molecular weight excluding hydrogens is 296 g/mol. The molecule has 114 valence electrons. The van der Waals surface area contributed by atoms with E-state index in [-0.39, 0.29) is 10.9 Å². The topological polar surface area (TPSA) is 90.0 Å². The predicted molar refractivity (Wildman–Crippen MR) is 81.2 cm³/mol. The molecule has 0 spiro atoms. The van der Waals surface area contributed by atoms with Crippen molar-refractivity contribution < 1.29 is 8.42 Å². The highest BCUT2D eigenvalue weighted by Gasteiger charge is 2.31. The van der Waals surface area contributed by atoms with E-state index in [1.807, 2.05) is 6.26 Å². The number of thioether (sulfide) groups is 1. The van der Waals surface area contributed by atoms with Crippen molar-refractivity contribution in [2.45, 2.75) is 48.4 Å². The zero-order chi connectivity index (χ0) is 14.6. The van der Waals surface area contributed by atoms with Crippen molar-refractivity contribution >= 4 is 21.8 Å². The Balaban J connectivity index is 2.04. The fourth-order valence-electron chi connectivity index (χ4n) is 2.47. The lowest BCUT2D eigenvalue weighted by atomic mass is 10.3. The largest absolute Gasteiger partial charge is 0.330 e. The zero-order valence-corrected chi connectivity index (χ0v) is 13.3. The first-order valence-corrected chi connectivity index (χ1v) is 9.61. The third-order valence-corrected chi connectivity index (χ3v) is 6.19. The number of nitrogens with one attached hydrogen (secondary N) is 1. The van der Waals surface area contributed by atoms with Crippen molar-refractivity contribution in [2.75, 3.05) is 12.8 Å². The van der Waals surface area contributed by atoms with Gasteiger partial charge in [-0.1, -0.05) is 6.42 Å². The van der Waals surface area contributed by atoms with Crippen molar-refractivity contribution in [3.63, 3.8) is 0 Å². The van der Waals surface area contributed by atoms with Crippen LogP contribution in [0.15, 0.2) is 17.3 Å². The SMILES string of the molecule is CSC1CCCC1NS(=O)(=O)c1cnn(CCCN)c1. The number of rotatable bonds is 7. The van der Waals surface area contributed by atoms with E-state index in [4.69, 9.17) is 5.73 Å². The summed E-state index contributed by atoms with van der Waals surface area (Å²) in [5.74, 6) is 0. The van der Waals surface area contributed by atoms with E-state index in [0.717, 1.165) is 25.7 Å². The Morgan fingerprint density at radius 1 is 1.55 bits per heavy atom. The summed E-state index contributed by atoms with van der Waals surface area (Å²) < 4.78 is 29.1. The summed E-state index contributed by atoms with van der Waals surface area (Å²) >= 11 is 1.73. The normalized spacial score (nSPS) is 23.3. The van der Waals surface area contributed by atoms with Crippen LogP contribution in [0.4, 0.5) is 0 Å². The number of aromatic nitrogens is 2. The van der Waals surface area contributed by atoms with Crippen LogP contribution in [0.25, 0.3) is 0 Å². The van der Waals surface area contributed by atoms with Crippen LogP contribution >= 0.6 is 11.8 Å². The number of sulfonamides is 1. The van der Waals surface area contributed by atoms with Gasteiger partial charge in [-0.2, -0.15) is 16.9 Å². The Hall–Kier alpha value is -0.570. The molecule has 1 saturated carbocycles. The van der Waals surface area contributed by atoms with Crippen LogP contribution in [0.5, 0.6) is 0 Å². The molecule has 8 heteroatoms. The second-order valence-electron chi connectivity index (χ2n) is 5.01. The number of hydrogen-bond acceptors (Lipinski definition) is 5. The second kappa shape index (κ2) is 6.93. The van der Waals surface area contributed by atoms with E-state index in [9.17, 15) is 8.42 Å². The molecule has 1 aliphatic carbocycles. The Kier molecular flexibility index (Phi) is 5.48. The van der Waals surface area contributed by atoms with Gasteiger partial charge in [0.25, 0.3) is 0 Å². The monoisotopic (exact) mass is 318 g/mol. The first kappa shape index (κ1) is 15.8. The number of nitrogens with two attached hydrogens (primary N) is 1. The van der Waals surface area contributed by atoms with Crippen molar-refractivity contribution in [3.8, 4) is 0 Å². The highest BCUT2D eigenvalue weighted by molar-refractivity contribution is 7.99. The molecule has 0 radical (unpaired) electrons. The summed E-state index contributed by atoms with van der Waals surface area (Å²) in [5, 5.41) is 4.44. The van der Waals surface area contributed by atoms with Gasteiger partial charge >= 0.3 is 0 Å². The molecule has 2 rings (SSSR count). The quantitative estimate of drug-likeness (QED) is 0.776. The lowest BCUT2D eigenvalue weighted by Crippen LogP contribution is -2.38. The first-order chi connectivity index (χ1) is 9.56. The molecule has 3 N–H and O–H groups in total. The van der Waals surface area contributed by atoms with E-state index in [0.29, 0.717) is 18.3 Å². The average molecular weight is 318 g/mol. The van der Waals surface area contributed by atoms with Gasteiger partial charge in [-0.3, -0.25) is 4.68 Å². The first-order valence-electron chi connectivity index (χ1n) is 6.84. The van der Waals surface area contributed by atoms with Gasteiger partial charge in [0.1, 0.15) is 4.90 Å². The molecule has 2 atom stereocenters. The lowest BCUT2D eigenvalue weighted by molar-refractivity contribution is 0.554. The lowest BCUT2D eigenvalue weighted by Gasteiger charge is -2.18. The third kappa shape index (κ3) is 3.75. The third-order valence-electron chi connectivity index (χ3n) is 3.57. The summed E-state index contributed by atoms with van der Waals surface area (Å²) in [5.41, 5.74) is 5.43. The van der Waals surface area contributed by atoms with Crippen LogP contribution in [0.3, 0.4) is 0 Å². The van der Waals surface area contributed by atoms with Gasteiger partial charge < -0.3 is 5.73 Å². The van der Waals surface area contributed by atoms with Gasteiger partial charge in [0.15, 0.2) is 0 Å². The maximum absolute atomic E-state index is 12.3. The molecule has 1 heterocycles. The van der Waals surface area contributed by atoms with Crippen molar-refractivity contribution in [3.05, 3.63) is 12.4 Å². The Labute approximate surface area is 124 Å². The number of aryl methyl sites for hydroxylation is 1. The average Bonchev–Trinajstić information content (AvgIpc) is 3.04. The van der Waals surface area contributed by atoms with Crippen LogP contribution in [-0.2, 0) is 16.6 Å². The molecule has 0 bridgehead atoms. The summed E-state index contributed by atoms with van der Waals surface area (Å²) in [6.45, 7) is 1.21. The van der Waals surface area contributed by atoms with Gasteiger partial charge in [0.2, 0.25) is 10.0 Å².